The lowest BCUT2D eigenvalue weighted by molar-refractivity contribution is -0.120. The van der Waals surface area contributed by atoms with Gasteiger partial charge in [-0.1, -0.05) is 0 Å². The summed E-state index contributed by atoms with van der Waals surface area (Å²) in [5, 5.41) is 5.96. The minimum Gasteiger partial charge on any atom is -0.355 e. The molecule has 3 heteroatoms. The monoisotopic (exact) mass is 128 g/mol. The second kappa shape index (κ2) is 2.82. The summed E-state index contributed by atoms with van der Waals surface area (Å²) in [6, 6.07) is 0.340. The first-order valence-electron chi connectivity index (χ1n) is 3.29. The van der Waals surface area contributed by atoms with E-state index in [1.807, 2.05) is 6.92 Å². The van der Waals surface area contributed by atoms with Crippen molar-refractivity contribution in [1.29, 1.82) is 0 Å². The molecule has 1 fully saturated rings. The number of amides is 1. The molecule has 3 nitrogen and oxygen atoms in total. The number of hydrogen-bond donors (Lipinski definition) is 2. The van der Waals surface area contributed by atoms with Gasteiger partial charge in [0.2, 0.25) is 5.91 Å². The fourth-order valence-corrected chi connectivity index (χ4v) is 0.943. The quantitative estimate of drug-likeness (QED) is 0.461. The normalized spacial score (nSPS) is 29.0. The zero-order valence-corrected chi connectivity index (χ0v) is 5.61. The molecule has 0 aromatic rings. The maximum absolute atomic E-state index is 10.7. The van der Waals surface area contributed by atoms with Gasteiger partial charge in [-0.3, -0.25) is 4.79 Å². The molecule has 0 aromatic carbocycles. The number of rotatable bonds is 0. The molecule has 1 amide bonds. The SMILES string of the molecule is C[C@@H]1CC(=O)NCCN1. The van der Waals surface area contributed by atoms with Crippen LogP contribution in [0.4, 0.5) is 0 Å². The average Bonchev–Trinajstić information content (AvgIpc) is 1.93. The van der Waals surface area contributed by atoms with E-state index in [0.717, 1.165) is 13.1 Å². The van der Waals surface area contributed by atoms with Gasteiger partial charge in [0.25, 0.3) is 0 Å². The second-order valence-electron chi connectivity index (χ2n) is 2.41. The summed E-state index contributed by atoms with van der Waals surface area (Å²) in [5.41, 5.74) is 0. The van der Waals surface area contributed by atoms with Crippen LogP contribution in [0.15, 0.2) is 0 Å². The van der Waals surface area contributed by atoms with Gasteiger partial charge in [-0.2, -0.15) is 0 Å². The molecule has 0 unspecified atom stereocenters. The highest BCUT2D eigenvalue weighted by atomic mass is 16.1. The van der Waals surface area contributed by atoms with Crippen LogP contribution in [0.5, 0.6) is 0 Å². The number of carbonyl (C=O) groups excluding carboxylic acids is 1. The van der Waals surface area contributed by atoms with Crippen LogP contribution in [0.25, 0.3) is 0 Å². The van der Waals surface area contributed by atoms with E-state index in [0.29, 0.717) is 12.5 Å². The summed E-state index contributed by atoms with van der Waals surface area (Å²) >= 11 is 0. The third-order valence-corrected chi connectivity index (χ3v) is 1.43. The Morgan fingerprint density at radius 3 is 3.11 bits per heavy atom. The summed E-state index contributed by atoms with van der Waals surface area (Å²) in [6.07, 6.45) is 0.611. The molecule has 0 radical (unpaired) electrons. The summed E-state index contributed by atoms with van der Waals surface area (Å²) in [6.45, 7) is 3.68. The van der Waals surface area contributed by atoms with Crippen LogP contribution in [-0.4, -0.2) is 25.0 Å². The molecule has 9 heavy (non-hydrogen) atoms. The average molecular weight is 128 g/mol. The zero-order chi connectivity index (χ0) is 6.69. The predicted molar refractivity (Wildman–Crippen MR) is 35.1 cm³/mol. The Morgan fingerprint density at radius 2 is 2.33 bits per heavy atom. The van der Waals surface area contributed by atoms with Gasteiger partial charge in [-0.05, 0) is 6.92 Å². The first kappa shape index (κ1) is 6.55. The smallest absolute Gasteiger partial charge is 0.221 e. The highest BCUT2D eigenvalue weighted by molar-refractivity contribution is 5.76. The highest BCUT2D eigenvalue weighted by Crippen LogP contribution is 1.91. The van der Waals surface area contributed by atoms with Crippen LogP contribution in [0.2, 0.25) is 0 Å². The van der Waals surface area contributed by atoms with Gasteiger partial charge in [-0.15, -0.1) is 0 Å². The van der Waals surface area contributed by atoms with E-state index in [-0.39, 0.29) is 5.91 Å². The Kier molecular flexibility index (Phi) is 2.05. The Bertz CT molecular complexity index is 114. The van der Waals surface area contributed by atoms with Crippen molar-refractivity contribution >= 4 is 5.91 Å². The van der Waals surface area contributed by atoms with Gasteiger partial charge >= 0.3 is 0 Å². The molecule has 1 rings (SSSR count). The third-order valence-electron chi connectivity index (χ3n) is 1.43. The molecule has 2 N–H and O–H groups in total. The summed E-state index contributed by atoms with van der Waals surface area (Å²) in [4.78, 5) is 10.7. The van der Waals surface area contributed by atoms with Crippen molar-refractivity contribution in [3.63, 3.8) is 0 Å². The summed E-state index contributed by atoms with van der Waals surface area (Å²) < 4.78 is 0. The van der Waals surface area contributed by atoms with Crippen LogP contribution >= 0.6 is 0 Å². The van der Waals surface area contributed by atoms with E-state index >= 15 is 0 Å². The Balaban J connectivity index is 2.37. The van der Waals surface area contributed by atoms with Crippen molar-refractivity contribution in [3.05, 3.63) is 0 Å². The van der Waals surface area contributed by atoms with Gasteiger partial charge in [0.1, 0.15) is 0 Å². The standard InChI is InChI=1S/C6H12N2O/c1-5-4-6(9)8-3-2-7-5/h5,7H,2-4H2,1H3,(H,8,9)/t5-/m1/s1. The maximum Gasteiger partial charge on any atom is 0.221 e. The van der Waals surface area contributed by atoms with E-state index < -0.39 is 0 Å². The lowest BCUT2D eigenvalue weighted by Gasteiger charge is -2.04. The number of hydrogen-bond acceptors (Lipinski definition) is 2. The van der Waals surface area contributed by atoms with E-state index in [2.05, 4.69) is 10.6 Å². The molecule has 52 valence electrons. The van der Waals surface area contributed by atoms with Crippen molar-refractivity contribution in [2.45, 2.75) is 19.4 Å². The van der Waals surface area contributed by atoms with E-state index in [1.165, 1.54) is 0 Å². The molecule has 1 saturated heterocycles. The van der Waals surface area contributed by atoms with Gasteiger partial charge in [-0.25, -0.2) is 0 Å². The van der Waals surface area contributed by atoms with Gasteiger partial charge in [0.15, 0.2) is 0 Å². The first-order valence-corrected chi connectivity index (χ1v) is 3.29. The van der Waals surface area contributed by atoms with Crippen LogP contribution in [0, 0.1) is 0 Å². The van der Waals surface area contributed by atoms with Gasteiger partial charge in [0, 0.05) is 25.6 Å². The molecule has 0 bridgehead atoms. The van der Waals surface area contributed by atoms with Crippen molar-refractivity contribution in [3.8, 4) is 0 Å². The van der Waals surface area contributed by atoms with E-state index in [9.17, 15) is 4.79 Å². The molecule has 0 saturated carbocycles. The molecule has 0 aliphatic carbocycles. The van der Waals surface area contributed by atoms with Crippen molar-refractivity contribution in [1.82, 2.24) is 10.6 Å². The molecule has 1 heterocycles. The topological polar surface area (TPSA) is 41.1 Å². The molecule has 0 spiro atoms. The van der Waals surface area contributed by atoms with Crippen LogP contribution < -0.4 is 10.6 Å². The molecule has 1 aliphatic heterocycles. The third kappa shape index (κ3) is 2.01. The van der Waals surface area contributed by atoms with Crippen LogP contribution in [0.3, 0.4) is 0 Å². The largest absolute Gasteiger partial charge is 0.355 e. The summed E-state index contributed by atoms with van der Waals surface area (Å²) in [7, 11) is 0. The van der Waals surface area contributed by atoms with Gasteiger partial charge in [0.05, 0.1) is 0 Å². The van der Waals surface area contributed by atoms with Crippen molar-refractivity contribution in [2.75, 3.05) is 13.1 Å². The fraction of sp³-hybridized carbons (Fsp3) is 0.833. The van der Waals surface area contributed by atoms with E-state index in [4.69, 9.17) is 0 Å². The zero-order valence-electron chi connectivity index (χ0n) is 5.61. The number of nitrogens with one attached hydrogen (secondary N) is 2. The molecule has 1 aliphatic rings. The minimum absolute atomic E-state index is 0.160. The highest BCUT2D eigenvalue weighted by Gasteiger charge is 2.10. The molecular weight excluding hydrogens is 116 g/mol. The van der Waals surface area contributed by atoms with Crippen molar-refractivity contribution in [2.24, 2.45) is 0 Å². The fourth-order valence-electron chi connectivity index (χ4n) is 0.943. The second-order valence-corrected chi connectivity index (χ2v) is 2.41. The Labute approximate surface area is 54.8 Å². The number of carbonyl (C=O) groups is 1. The minimum atomic E-state index is 0.160. The molecule has 1 atom stereocenters. The predicted octanol–water partition coefficient (Wildman–Crippen LogP) is -0.516. The van der Waals surface area contributed by atoms with Crippen molar-refractivity contribution < 1.29 is 4.79 Å². The molecular formula is C6H12N2O. The van der Waals surface area contributed by atoms with Crippen LogP contribution in [-0.2, 0) is 4.79 Å². The Hall–Kier alpha value is -0.570. The maximum atomic E-state index is 10.7. The first-order chi connectivity index (χ1) is 4.29. The van der Waals surface area contributed by atoms with Gasteiger partial charge < -0.3 is 10.6 Å². The summed E-state index contributed by atoms with van der Waals surface area (Å²) in [5.74, 6) is 0.160. The van der Waals surface area contributed by atoms with Crippen LogP contribution in [0.1, 0.15) is 13.3 Å². The lowest BCUT2D eigenvalue weighted by Crippen LogP contribution is -2.26. The lowest BCUT2D eigenvalue weighted by atomic mass is 10.2. The van der Waals surface area contributed by atoms with E-state index in [1.54, 1.807) is 0 Å². The Morgan fingerprint density at radius 1 is 1.56 bits per heavy atom. The molecule has 0 aromatic heterocycles.